The molecule has 2 aromatic rings. The molecule has 0 N–H and O–H groups in total. The van der Waals surface area contributed by atoms with E-state index in [1.54, 1.807) is 17.9 Å². The summed E-state index contributed by atoms with van der Waals surface area (Å²) in [4.78, 5) is 31.5. The second kappa shape index (κ2) is 10.7. The Labute approximate surface area is 205 Å². The molecule has 0 saturated carbocycles. The maximum atomic E-state index is 13.0. The first-order chi connectivity index (χ1) is 17.1. The van der Waals surface area contributed by atoms with Crippen molar-refractivity contribution in [2.45, 2.75) is 32.9 Å². The van der Waals surface area contributed by atoms with Crippen LogP contribution in [0.4, 0.5) is 0 Å². The van der Waals surface area contributed by atoms with Gasteiger partial charge in [-0.15, -0.1) is 0 Å². The molecule has 1 aromatic carbocycles. The Hall–Kier alpha value is -3.04. The number of amides is 1. The first-order valence-corrected chi connectivity index (χ1v) is 12.5. The van der Waals surface area contributed by atoms with E-state index in [0.29, 0.717) is 38.8 Å². The van der Waals surface area contributed by atoms with E-state index in [1.807, 2.05) is 12.1 Å². The fourth-order valence-corrected chi connectivity index (χ4v) is 4.97. The lowest BCUT2D eigenvalue weighted by Gasteiger charge is -2.34. The van der Waals surface area contributed by atoms with Crippen LogP contribution in [0, 0.1) is 5.92 Å². The van der Waals surface area contributed by atoms with Gasteiger partial charge in [0.2, 0.25) is 6.79 Å². The van der Waals surface area contributed by atoms with Gasteiger partial charge in [-0.1, -0.05) is 6.07 Å². The highest BCUT2D eigenvalue weighted by molar-refractivity contribution is 5.92. The lowest BCUT2D eigenvalue weighted by atomic mass is 9.98. The van der Waals surface area contributed by atoms with Crippen molar-refractivity contribution in [2.24, 2.45) is 5.92 Å². The zero-order chi connectivity index (χ0) is 24.2. The number of ether oxygens (including phenoxy) is 3. The Balaban J connectivity index is 1.09. The molecule has 1 unspecified atom stereocenters. The number of rotatable bonds is 7. The van der Waals surface area contributed by atoms with E-state index in [-0.39, 0.29) is 17.8 Å². The van der Waals surface area contributed by atoms with Gasteiger partial charge in [0, 0.05) is 45.8 Å². The third-order valence-electron chi connectivity index (χ3n) is 6.89. The van der Waals surface area contributed by atoms with Crippen LogP contribution in [0.2, 0.25) is 0 Å². The highest BCUT2D eigenvalue weighted by atomic mass is 16.7. The summed E-state index contributed by atoms with van der Waals surface area (Å²) in [5.74, 6) is 2.14. The molecule has 3 aliphatic rings. The van der Waals surface area contributed by atoms with Crippen molar-refractivity contribution in [3.8, 4) is 11.5 Å². The van der Waals surface area contributed by atoms with Crippen LogP contribution in [-0.2, 0) is 22.6 Å². The Morgan fingerprint density at radius 2 is 1.74 bits per heavy atom. The lowest BCUT2D eigenvalue weighted by Crippen LogP contribution is -2.45. The van der Waals surface area contributed by atoms with Gasteiger partial charge in [0.05, 0.1) is 19.1 Å². The van der Waals surface area contributed by atoms with Crippen LogP contribution in [0.3, 0.4) is 0 Å². The highest BCUT2D eigenvalue weighted by Crippen LogP contribution is 2.33. The highest BCUT2D eigenvalue weighted by Gasteiger charge is 2.31. The zero-order valence-corrected chi connectivity index (χ0v) is 20.2. The van der Waals surface area contributed by atoms with Crippen molar-refractivity contribution in [2.75, 3.05) is 52.7 Å². The average molecular weight is 484 g/mol. The summed E-state index contributed by atoms with van der Waals surface area (Å²) in [6.07, 6.45) is 1.55. The Morgan fingerprint density at radius 3 is 2.54 bits per heavy atom. The monoisotopic (exact) mass is 483 g/mol. The molecular formula is C26H33N3O6. The van der Waals surface area contributed by atoms with Crippen LogP contribution in [0.1, 0.15) is 41.6 Å². The number of fused-ring (bicyclic) bond motifs is 1. The minimum Gasteiger partial charge on any atom is -0.466 e. The second-order valence-electron chi connectivity index (χ2n) is 9.35. The SMILES string of the molecule is CCOC(=O)C1CCCN(C(=O)c2ccc(CN3CCN(Cc4ccc5c(c4)OCO5)CC3)o2)C1. The number of piperazine rings is 1. The van der Waals surface area contributed by atoms with E-state index in [9.17, 15) is 9.59 Å². The fraction of sp³-hybridized carbons (Fsp3) is 0.538. The molecule has 9 heteroatoms. The maximum Gasteiger partial charge on any atom is 0.310 e. The smallest absolute Gasteiger partial charge is 0.310 e. The van der Waals surface area contributed by atoms with Gasteiger partial charge in [-0.25, -0.2) is 0 Å². The molecule has 2 saturated heterocycles. The quantitative estimate of drug-likeness (QED) is 0.556. The Bertz CT molecular complexity index is 1050. The molecule has 0 spiro atoms. The van der Waals surface area contributed by atoms with E-state index in [2.05, 4.69) is 21.9 Å². The number of benzene rings is 1. The van der Waals surface area contributed by atoms with Crippen molar-refractivity contribution < 1.29 is 28.2 Å². The van der Waals surface area contributed by atoms with Gasteiger partial charge in [-0.05, 0) is 49.6 Å². The number of hydrogen-bond donors (Lipinski definition) is 0. The summed E-state index contributed by atoms with van der Waals surface area (Å²) in [6, 6.07) is 9.77. The van der Waals surface area contributed by atoms with E-state index in [4.69, 9.17) is 18.6 Å². The van der Waals surface area contributed by atoms with Crippen molar-refractivity contribution in [3.63, 3.8) is 0 Å². The number of hydrogen-bond acceptors (Lipinski definition) is 8. The lowest BCUT2D eigenvalue weighted by molar-refractivity contribution is -0.149. The molecule has 1 amide bonds. The number of carbonyl (C=O) groups is 2. The van der Waals surface area contributed by atoms with Crippen LogP contribution in [0.15, 0.2) is 34.7 Å². The van der Waals surface area contributed by atoms with Gasteiger partial charge in [0.25, 0.3) is 5.91 Å². The van der Waals surface area contributed by atoms with Gasteiger partial charge < -0.3 is 23.5 Å². The Kier molecular flexibility index (Phi) is 7.24. The van der Waals surface area contributed by atoms with E-state index >= 15 is 0 Å². The minimum atomic E-state index is -0.254. The van der Waals surface area contributed by atoms with Gasteiger partial charge >= 0.3 is 5.97 Å². The maximum absolute atomic E-state index is 13.0. The van der Waals surface area contributed by atoms with Gasteiger partial charge in [0.15, 0.2) is 17.3 Å². The molecule has 188 valence electrons. The molecule has 3 aliphatic heterocycles. The molecule has 0 aliphatic carbocycles. The second-order valence-corrected chi connectivity index (χ2v) is 9.35. The van der Waals surface area contributed by atoms with E-state index < -0.39 is 0 Å². The molecule has 0 radical (unpaired) electrons. The molecule has 9 nitrogen and oxygen atoms in total. The predicted octanol–water partition coefficient (Wildman–Crippen LogP) is 2.74. The number of furan rings is 1. The van der Waals surface area contributed by atoms with Crippen molar-refractivity contribution in [3.05, 3.63) is 47.4 Å². The predicted molar refractivity (Wildman–Crippen MR) is 127 cm³/mol. The van der Waals surface area contributed by atoms with E-state index in [1.165, 1.54) is 5.56 Å². The zero-order valence-electron chi connectivity index (χ0n) is 20.2. The van der Waals surface area contributed by atoms with Crippen LogP contribution < -0.4 is 9.47 Å². The van der Waals surface area contributed by atoms with Crippen molar-refractivity contribution in [1.82, 2.24) is 14.7 Å². The molecular weight excluding hydrogens is 450 g/mol. The normalized spacial score (nSPS) is 20.7. The average Bonchev–Trinajstić information content (AvgIpc) is 3.54. The fourth-order valence-electron chi connectivity index (χ4n) is 4.97. The summed E-state index contributed by atoms with van der Waals surface area (Å²) in [7, 11) is 0. The number of nitrogens with zero attached hydrogens (tertiary/aromatic N) is 3. The molecule has 4 heterocycles. The van der Waals surface area contributed by atoms with Gasteiger partial charge in [-0.3, -0.25) is 19.4 Å². The number of likely N-dealkylation sites (tertiary alicyclic amines) is 1. The molecule has 2 fully saturated rings. The number of esters is 1. The summed E-state index contributed by atoms with van der Waals surface area (Å²) < 4.78 is 21.9. The Morgan fingerprint density at radius 1 is 0.971 bits per heavy atom. The van der Waals surface area contributed by atoms with E-state index in [0.717, 1.165) is 62.8 Å². The van der Waals surface area contributed by atoms with Crippen LogP contribution >= 0.6 is 0 Å². The molecule has 5 rings (SSSR count). The summed E-state index contributed by atoms with van der Waals surface area (Å²) >= 11 is 0. The van der Waals surface area contributed by atoms with Crippen molar-refractivity contribution >= 4 is 11.9 Å². The summed E-state index contributed by atoms with van der Waals surface area (Å²) in [5.41, 5.74) is 1.22. The number of carbonyl (C=O) groups excluding carboxylic acids is 2. The van der Waals surface area contributed by atoms with Crippen LogP contribution in [0.5, 0.6) is 11.5 Å². The number of piperidine rings is 1. The van der Waals surface area contributed by atoms with Crippen LogP contribution in [0.25, 0.3) is 0 Å². The van der Waals surface area contributed by atoms with Crippen molar-refractivity contribution in [1.29, 1.82) is 0 Å². The van der Waals surface area contributed by atoms with Gasteiger partial charge in [-0.2, -0.15) is 0 Å². The first-order valence-electron chi connectivity index (χ1n) is 12.5. The summed E-state index contributed by atoms with van der Waals surface area (Å²) in [6.45, 7) is 8.82. The minimum absolute atomic E-state index is 0.154. The summed E-state index contributed by atoms with van der Waals surface area (Å²) in [5, 5.41) is 0. The standard InChI is InChI=1S/C26H33N3O6/c1-2-32-26(31)20-4-3-9-29(16-20)25(30)23-8-6-21(35-23)17-28-12-10-27(11-13-28)15-19-5-7-22-24(14-19)34-18-33-22/h5-8,14,20H,2-4,9-13,15-18H2,1H3. The molecule has 1 aromatic heterocycles. The molecule has 1 atom stereocenters. The topological polar surface area (TPSA) is 84.7 Å². The third kappa shape index (κ3) is 5.62. The van der Waals surface area contributed by atoms with Gasteiger partial charge in [0.1, 0.15) is 5.76 Å². The molecule has 35 heavy (non-hydrogen) atoms. The largest absolute Gasteiger partial charge is 0.466 e. The third-order valence-corrected chi connectivity index (χ3v) is 6.89. The van der Waals surface area contributed by atoms with Crippen LogP contribution in [-0.4, -0.2) is 79.2 Å². The molecule has 0 bridgehead atoms. The first kappa shape index (κ1) is 23.7.